The van der Waals surface area contributed by atoms with Crippen molar-refractivity contribution >= 4 is 5.57 Å². The number of H-pyrrole nitrogens is 1. The van der Waals surface area contributed by atoms with Crippen LogP contribution in [0.15, 0.2) is 67.1 Å². The van der Waals surface area contributed by atoms with Crippen molar-refractivity contribution < 1.29 is 4.39 Å². The highest BCUT2D eigenvalue weighted by Gasteiger charge is 2.06. The topological polar surface area (TPSA) is 28.7 Å². The number of hydrogen-bond donors (Lipinski definition) is 1. The van der Waals surface area contributed by atoms with Crippen LogP contribution in [-0.4, -0.2) is 9.97 Å². The summed E-state index contributed by atoms with van der Waals surface area (Å²) in [5.74, 6) is -0.220. The van der Waals surface area contributed by atoms with E-state index in [4.69, 9.17) is 0 Å². The summed E-state index contributed by atoms with van der Waals surface area (Å²) >= 11 is 0. The van der Waals surface area contributed by atoms with Crippen LogP contribution in [0, 0.1) is 12.7 Å². The molecule has 1 aromatic heterocycles. The summed E-state index contributed by atoms with van der Waals surface area (Å²) in [6.45, 7) is 2.10. The zero-order valence-corrected chi connectivity index (χ0v) is 13.8. The number of rotatable bonds is 6. The van der Waals surface area contributed by atoms with Crippen LogP contribution in [0.5, 0.6) is 0 Å². The van der Waals surface area contributed by atoms with Crippen molar-refractivity contribution in [3.05, 3.63) is 95.3 Å². The summed E-state index contributed by atoms with van der Waals surface area (Å²) in [6, 6.07) is 15.3. The lowest BCUT2D eigenvalue weighted by Crippen LogP contribution is -1.90. The van der Waals surface area contributed by atoms with Crippen molar-refractivity contribution in [3.8, 4) is 0 Å². The van der Waals surface area contributed by atoms with Gasteiger partial charge in [0.1, 0.15) is 5.82 Å². The second-order valence-electron chi connectivity index (χ2n) is 5.97. The minimum Gasteiger partial charge on any atom is -0.345 e. The highest BCUT2D eigenvalue weighted by atomic mass is 19.1. The second kappa shape index (κ2) is 7.73. The first-order valence-electron chi connectivity index (χ1n) is 8.23. The normalized spacial score (nSPS) is 11.7. The fourth-order valence-electron chi connectivity index (χ4n) is 2.72. The molecule has 2 aromatic carbocycles. The van der Waals surface area contributed by atoms with E-state index in [2.05, 4.69) is 47.2 Å². The largest absolute Gasteiger partial charge is 0.345 e. The number of benzene rings is 2. The van der Waals surface area contributed by atoms with Crippen molar-refractivity contribution in [1.29, 1.82) is 0 Å². The number of allylic oxidation sites excluding steroid dienone is 1. The molecule has 0 saturated carbocycles. The SMILES string of the molecule is Cc1ccc(CCC/C=C(\c2ccc(F)cc2)c2cnc[nH]2)cc1. The molecule has 3 rings (SSSR count). The molecule has 1 N–H and O–H groups in total. The Morgan fingerprint density at radius 1 is 1.08 bits per heavy atom. The molecular formula is C21H21FN2. The third kappa shape index (κ3) is 4.19. The first-order valence-corrected chi connectivity index (χ1v) is 8.23. The summed E-state index contributed by atoms with van der Waals surface area (Å²) in [5, 5.41) is 0. The summed E-state index contributed by atoms with van der Waals surface area (Å²) in [7, 11) is 0. The van der Waals surface area contributed by atoms with Gasteiger partial charge in [-0.25, -0.2) is 9.37 Å². The van der Waals surface area contributed by atoms with E-state index in [9.17, 15) is 4.39 Å². The molecule has 0 aliphatic carbocycles. The maximum atomic E-state index is 13.2. The third-order valence-electron chi connectivity index (χ3n) is 4.08. The number of nitrogens with zero attached hydrogens (tertiary/aromatic N) is 1. The molecule has 0 saturated heterocycles. The molecule has 0 amide bonds. The fraction of sp³-hybridized carbons (Fsp3) is 0.190. The Bertz CT molecular complexity index is 785. The molecule has 3 heteroatoms. The molecule has 2 nitrogen and oxygen atoms in total. The number of nitrogens with one attached hydrogen (secondary N) is 1. The number of aryl methyl sites for hydroxylation is 2. The number of hydrogen-bond acceptors (Lipinski definition) is 1. The smallest absolute Gasteiger partial charge is 0.123 e. The van der Waals surface area contributed by atoms with Gasteiger partial charge in [-0.3, -0.25) is 0 Å². The Hall–Kier alpha value is -2.68. The zero-order chi connectivity index (χ0) is 16.8. The summed E-state index contributed by atoms with van der Waals surface area (Å²) in [5.41, 5.74) is 5.67. The van der Waals surface area contributed by atoms with Gasteiger partial charge >= 0.3 is 0 Å². The van der Waals surface area contributed by atoms with Crippen LogP contribution in [-0.2, 0) is 6.42 Å². The van der Waals surface area contributed by atoms with Crippen molar-refractivity contribution in [3.63, 3.8) is 0 Å². The van der Waals surface area contributed by atoms with E-state index >= 15 is 0 Å². The molecule has 0 spiro atoms. The molecule has 3 aromatic rings. The average Bonchev–Trinajstić information content (AvgIpc) is 3.12. The van der Waals surface area contributed by atoms with Gasteiger partial charge < -0.3 is 4.98 Å². The molecule has 0 aliphatic rings. The van der Waals surface area contributed by atoms with Gasteiger partial charge in [0.25, 0.3) is 0 Å². The highest BCUT2D eigenvalue weighted by molar-refractivity contribution is 5.77. The van der Waals surface area contributed by atoms with Crippen LogP contribution in [0.25, 0.3) is 5.57 Å². The van der Waals surface area contributed by atoms with Crippen molar-refractivity contribution in [2.24, 2.45) is 0 Å². The Balaban J connectivity index is 1.70. The molecule has 0 atom stereocenters. The molecule has 0 unspecified atom stereocenters. The average molecular weight is 320 g/mol. The van der Waals surface area contributed by atoms with E-state index in [1.807, 2.05) is 12.1 Å². The number of aromatic amines is 1. The standard InChI is InChI=1S/C21H21FN2/c1-16-6-8-17(9-7-16)4-2-3-5-20(21-14-23-15-24-21)18-10-12-19(22)13-11-18/h5-15H,2-4H2,1H3,(H,23,24)/b20-5+. The molecule has 24 heavy (non-hydrogen) atoms. The Kier molecular flexibility index (Phi) is 5.22. The Labute approximate surface area is 142 Å². The molecular weight excluding hydrogens is 299 g/mol. The van der Waals surface area contributed by atoms with Crippen LogP contribution < -0.4 is 0 Å². The lowest BCUT2D eigenvalue weighted by molar-refractivity contribution is 0.627. The molecule has 0 radical (unpaired) electrons. The van der Waals surface area contributed by atoms with Crippen LogP contribution in [0.3, 0.4) is 0 Å². The number of unbranched alkanes of at least 4 members (excludes halogenated alkanes) is 1. The van der Waals surface area contributed by atoms with E-state index in [1.165, 1.54) is 23.3 Å². The van der Waals surface area contributed by atoms with E-state index in [1.54, 1.807) is 12.5 Å². The van der Waals surface area contributed by atoms with Crippen molar-refractivity contribution in [2.45, 2.75) is 26.2 Å². The summed E-state index contributed by atoms with van der Waals surface area (Å²) in [4.78, 5) is 7.24. The fourth-order valence-corrected chi connectivity index (χ4v) is 2.72. The minimum absolute atomic E-state index is 0.220. The van der Waals surface area contributed by atoms with Gasteiger partial charge in [0.2, 0.25) is 0 Å². The van der Waals surface area contributed by atoms with Gasteiger partial charge in [-0.05, 0) is 49.4 Å². The lowest BCUT2D eigenvalue weighted by atomic mass is 10.00. The number of halogens is 1. The first kappa shape index (κ1) is 16.2. The van der Waals surface area contributed by atoms with Gasteiger partial charge in [0.05, 0.1) is 18.2 Å². The van der Waals surface area contributed by atoms with Crippen molar-refractivity contribution in [2.75, 3.05) is 0 Å². The van der Waals surface area contributed by atoms with Gasteiger partial charge in [0, 0.05) is 5.57 Å². The Morgan fingerprint density at radius 2 is 1.83 bits per heavy atom. The van der Waals surface area contributed by atoms with E-state index in [-0.39, 0.29) is 5.82 Å². The van der Waals surface area contributed by atoms with Crippen molar-refractivity contribution in [1.82, 2.24) is 9.97 Å². The van der Waals surface area contributed by atoms with E-state index in [0.717, 1.165) is 36.1 Å². The van der Waals surface area contributed by atoms with Crippen LogP contribution in [0.4, 0.5) is 4.39 Å². The molecule has 1 heterocycles. The summed E-state index contributed by atoms with van der Waals surface area (Å²) in [6.07, 6.45) is 8.75. The first-order chi connectivity index (χ1) is 11.7. The monoisotopic (exact) mass is 320 g/mol. The van der Waals surface area contributed by atoms with Crippen LogP contribution >= 0.6 is 0 Å². The third-order valence-corrected chi connectivity index (χ3v) is 4.08. The minimum atomic E-state index is -0.220. The van der Waals surface area contributed by atoms with E-state index in [0.29, 0.717) is 0 Å². The van der Waals surface area contributed by atoms with E-state index < -0.39 is 0 Å². The highest BCUT2D eigenvalue weighted by Crippen LogP contribution is 2.23. The van der Waals surface area contributed by atoms with Gasteiger partial charge in [0.15, 0.2) is 0 Å². The zero-order valence-electron chi connectivity index (χ0n) is 13.8. The lowest BCUT2D eigenvalue weighted by Gasteiger charge is -2.07. The quantitative estimate of drug-likeness (QED) is 0.612. The maximum absolute atomic E-state index is 13.2. The predicted molar refractivity (Wildman–Crippen MR) is 96.2 cm³/mol. The Morgan fingerprint density at radius 3 is 2.50 bits per heavy atom. The van der Waals surface area contributed by atoms with Crippen LogP contribution in [0.1, 0.15) is 35.2 Å². The number of imidazole rings is 1. The molecule has 0 fully saturated rings. The summed E-state index contributed by atoms with van der Waals surface area (Å²) < 4.78 is 13.2. The number of aromatic nitrogens is 2. The van der Waals surface area contributed by atoms with Gasteiger partial charge in [-0.2, -0.15) is 0 Å². The molecule has 0 aliphatic heterocycles. The van der Waals surface area contributed by atoms with Crippen LogP contribution in [0.2, 0.25) is 0 Å². The van der Waals surface area contributed by atoms with Gasteiger partial charge in [-0.1, -0.05) is 48.0 Å². The maximum Gasteiger partial charge on any atom is 0.123 e. The second-order valence-corrected chi connectivity index (χ2v) is 5.97. The molecule has 0 bridgehead atoms. The predicted octanol–water partition coefficient (Wildman–Crippen LogP) is 5.31. The van der Waals surface area contributed by atoms with Gasteiger partial charge in [-0.15, -0.1) is 0 Å². The molecule has 122 valence electrons.